The molecule has 0 aliphatic heterocycles. The lowest BCUT2D eigenvalue weighted by Gasteiger charge is -2.16. The fraction of sp³-hybridized carbons (Fsp3) is 0.214. The SMILES string of the molecule is CC(NC(=O)c1cccnc1Cl)c1ncc(C(F)(F)F)cc1Cl. The summed E-state index contributed by atoms with van der Waals surface area (Å²) in [5, 5.41) is 2.39. The molecule has 122 valence electrons. The van der Waals surface area contributed by atoms with Crippen LogP contribution in [0.15, 0.2) is 30.6 Å². The zero-order valence-electron chi connectivity index (χ0n) is 11.7. The topological polar surface area (TPSA) is 54.9 Å². The lowest BCUT2D eigenvalue weighted by atomic mass is 10.1. The van der Waals surface area contributed by atoms with Crippen molar-refractivity contribution in [3.05, 3.63) is 57.6 Å². The number of halogens is 5. The van der Waals surface area contributed by atoms with Crippen molar-refractivity contribution < 1.29 is 18.0 Å². The van der Waals surface area contributed by atoms with Gasteiger partial charge in [0, 0.05) is 12.4 Å². The number of rotatable bonds is 3. The molecule has 1 atom stereocenters. The maximum atomic E-state index is 12.6. The van der Waals surface area contributed by atoms with Crippen LogP contribution in [0.25, 0.3) is 0 Å². The van der Waals surface area contributed by atoms with E-state index in [0.717, 1.165) is 6.07 Å². The number of amides is 1. The molecular weight excluding hydrogens is 354 g/mol. The highest BCUT2D eigenvalue weighted by molar-refractivity contribution is 6.32. The number of nitrogens with one attached hydrogen (secondary N) is 1. The standard InChI is InChI=1S/C14H10Cl2F3N3O/c1-7(22-13(23)9-3-2-4-20-12(9)16)11-10(15)5-8(6-21-11)14(17,18)19/h2-7H,1H3,(H,22,23). The number of hydrogen-bond acceptors (Lipinski definition) is 3. The molecule has 4 nitrogen and oxygen atoms in total. The summed E-state index contributed by atoms with van der Waals surface area (Å²) >= 11 is 11.7. The number of carbonyl (C=O) groups is 1. The first-order chi connectivity index (χ1) is 10.7. The highest BCUT2D eigenvalue weighted by Crippen LogP contribution is 2.32. The second-order valence-electron chi connectivity index (χ2n) is 4.63. The van der Waals surface area contributed by atoms with Gasteiger partial charge >= 0.3 is 6.18 Å². The molecule has 9 heteroatoms. The minimum Gasteiger partial charge on any atom is -0.344 e. The van der Waals surface area contributed by atoms with E-state index in [4.69, 9.17) is 23.2 Å². The van der Waals surface area contributed by atoms with E-state index in [1.54, 1.807) is 6.92 Å². The monoisotopic (exact) mass is 363 g/mol. The third kappa shape index (κ3) is 4.11. The van der Waals surface area contributed by atoms with Gasteiger partial charge in [0.1, 0.15) is 5.15 Å². The lowest BCUT2D eigenvalue weighted by Crippen LogP contribution is -2.28. The fourth-order valence-electron chi connectivity index (χ4n) is 1.82. The van der Waals surface area contributed by atoms with Gasteiger partial charge in [0.15, 0.2) is 0 Å². The Hall–Kier alpha value is -1.86. The maximum absolute atomic E-state index is 12.6. The van der Waals surface area contributed by atoms with Crippen LogP contribution in [0.4, 0.5) is 13.2 Å². The molecule has 0 saturated carbocycles. The zero-order chi connectivity index (χ0) is 17.2. The van der Waals surface area contributed by atoms with Gasteiger partial charge in [-0.1, -0.05) is 23.2 Å². The van der Waals surface area contributed by atoms with Crippen molar-refractivity contribution in [2.75, 3.05) is 0 Å². The lowest BCUT2D eigenvalue weighted by molar-refractivity contribution is -0.137. The molecule has 0 aliphatic rings. The average molecular weight is 364 g/mol. The third-order valence-electron chi connectivity index (χ3n) is 2.96. The first kappa shape index (κ1) is 17.5. The summed E-state index contributed by atoms with van der Waals surface area (Å²) in [5.74, 6) is -0.534. The first-order valence-electron chi connectivity index (χ1n) is 6.34. The molecule has 2 aromatic rings. The minimum absolute atomic E-state index is 0.0173. The highest BCUT2D eigenvalue weighted by atomic mass is 35.5. The van der Waals surface area contributed by atoms with Gasteiger partial charge in [-0.25, -0.2) is 4.98 Å². The van der Waals surface area contributed by atoms with Crippen LogP contribution < -0.4 is 5.32 Å². The van der Waals surface area contributed by atoms with E-state index in [-0.39, 0.29) is 21.4 Å². The Labute approximate surface area is 139 Å². The predicted octanol–water partition coefficient (Wildman–Crippen LogP) is 4.29. The summed E-state index contributed by atoms with van der Waals surface area (Å²) < 4.78 is 37.8. The van der Waals surface area contributed by atoms with Gasteiger partial charge in [0.25, 0.3) is 5.91 Å². The molecule has 0 radical (unpaired) electrons. The van der Waals surface area contributed by atoms with E-state index in [0.29, 0.717) is 6.20 Å². The molecule has 0 fully saturated rings. The predicted molar refractivity (Wildman–Crippen MR) is 79.4 cm³/mol. The summed E-state index contributed by atoms with van der Waals surface area (Å²) in [6.07, 6.45) is -2.44. The van der Waals surface area contributed by atoms with Crippen LogP contribution >= 0.6 is 23.2 Å². The summed E-state index contributed by atoms with van der Waals surface area (Å²) in [4.78, 5) is 19.6. The Morgan fingerprint density at radius 1 is 1.30 bits per heavy atom. The molecule has 0 aliphatic carbocycles. The van der Waals surface area contributed by atoms with Crippen molar-refractivity contribution in [3.8, 4) is 0 Å². The van der Waals surface area contributed by atoms with Crippen molar-refractivity contribution in [1.29, 1.82) is 0 Å². The second-order valence-corrected chi connectivity index (χ2v) is 5.39. The summed E-state index contributed by atoms with van der Waals surface area (Å²) in [7, 11) is 0. The third-order valence-corrected chi connectivity index (χ3v) is 3.56. The van der Waals surface area contributed by atoms with Gasteiger partial charge in [-0.15, -0.1) is 0 Å². The van der Waals surface area contributed by atoms with Crippen molar-refractivity contribution in [1.82, 2.24) is 15.3 Å². The maximum Gasteiger partial charge on any atom is 0.417 e. The summed E-state index contributed by atoms with van der Waals surface area (Å²) in [5.41, 5.74) is -0.697. The van der Waals surface area contributed by atoms with E-state index in [1.165, 1.54) is 18.3 Å². The highest BCUT2D eigenvalue weighted by Gasteiger charge is 2.32. The number of alkyl halides is 3. The minimum atomic E-state index is -4.54. The second kappa shape index (κ2) is 6.72. The Kier molecular flexibility index (Phi) is 5.11. The van der Waals surface area contributed by atoms with Crippen LogP contribution in [0.1, 0.15) is 34.6 Å². The molecule has 23 heavy (non-hydrogen) atoms. The van der Waals surface area contributed by atoms with E-state index >= 15 is 0 Å². The Morgan fingerprint density at radius 3 is 2.57 bits per heavy atom. The van der Waals surface area contributed by atoms with Gasteiger partial charge < -0.3 is 5.32 Å². The summed E-state index contributed by atoms with van der Waals surface area (Å²) in [6.45, 7) is 1.55. The largest absolute Gasteiger partial charge is 0.417 e. The number of aromatic nitrogens is 2. The molecule has 1 unspecified atom stereocenters. The van der Waals surface area contributed by atoms with Crippen molar-refractivity contribution in [2.24, 2.45) is 0 Å². The molecule has 2 heterocycles. The molecular formula is C14H10Cl2F3N3O. The zero-order valence-corrected chi connectivity index (χ0v) is 13.2. The van der Waals surface area contributed by atoms with E-state index < -0.39 is 23.7 Å². The van der Waals surface area contributed by atoms with Crippen LogP contribution in [0.5, 0.6) is 0 Å². The van der Waals surface area contributed by atoms with Crippen LogP contribution in [0, 0.1) is 0 Å². The van der Waals surface area contributed by atoms with Gasteiger partial charge in [-0.3, -0.25) is 9.78 Å². The molecule has 2 rings (SSSR count). The number of pyridine rings is 2. The van der Waals surface area contributed by atoms with Crippen LogP contribution in [0.3, 0.4) is 0 Å². The van der Waals surface area contributed by atoms with E-state index in [2.05, 4.69) is 15.3 Å². The van der Waals surface area contributed by atoms with Gasteiger partial charge in [0.05, 0.1) is 27.9 Å². The Morgan fingerprint density at radius 2 is 2.00 bits per heavy atom. The van der Waals surface area contributed by atoms with Crippen LogP contribution in [-0.2, 0) is 6.18 Å². The smallest absolute Gasteiger partial charge is 0.344 e. The van der Waals surface area contributed by atoms with Crippen molar-refractivity contribution >= 4 is 29.1 Å². The molecule has 0 bridgehead atoms. The molecule has 2 aromatic heterocycles. The van der Waals surface area contributed by atoms with E-state index in [1.807, 2.05) is 0 Å². The Bertz CT molecular complexity index is 737. The number of hydrogen-bond donors (Lipinski definition) is 1. The van der Waals surface area contributed by atoms with Crippen molar-refractivity contribution in [3.63, 3.8) is 0 Å². The molecule has 1 N–H and O–H groups in total. The van der Waals surface area contributed by atoms with Crippen molar-refractivity contribution in [2.45, 2.75) is 19.1 Å². The number of nitrogens with zero attached hydrogens (tertiary/aromatic N) is 2. The Balaban J connectivity index is 2.20. The molecule has 0 spiro atoms. The fourth-order valence-corrected chi connectivity index (χ4v) is 2.36. The quantitative estimate of drug-likeness (QED) is 0.827. The van der Waals surface area contributed by atoms with Crippen LogP contribution in [-0.4, -0.2) is 15.9 Å². The summed E-state index contributed by atoms with van der Waals surface area (Å²) in [6, 6.07) is 3.06. The first-order valence-corrected chi connectivity index (χ1v) is 7.09. The van der Waals surface area contributed by atoms with Gasteiger partial charge in [-0.2, -0.15) is 13.2 Å². The van der Waals surface area contributed by atoms with Gasteiger partial charge in [0.2, 0.25) is 0 Å². The van der Waals surface area contributed by atoms with Crippen LogP contribution in [0.2, 0.25) is 10.2 Å². The number of carbonyl (C=O) groups excluding carboxylic acids is 1. The molecule has 0 aromatic carbocycles. The molecule has 1 amide bonds. The normalized spacial score (nSPS) is 12.8. The van der Waals surface area contributed by atoms with E-state index in [9.17, 15) is 18.0 Å². The molecule has 0 saturated heterocycles. The average Bonchev–Trinajstić information content (AvgIpc) is 2.46. The van der Waals surface area contributed by atoms with Gasteiger partial charge in [-0.05, 0) is 25.1 Å².